The second-order valence-corrected chi connectivity index (χ2v) is 5.78. The zero-order valence-corrected chi connectivity index (χ0v) is 11.1. The highest BCUT2D eigenvalue weighted by atomic mass is 16.3. The average Bonchev–Trinajstić information content (AvgIpc) is 2.74. The molecule has 1 fully saturated rings. The van der Waals surface area contributed by atoms with Crippen LogP contribution in [0, 0.1) is 17.8 Å². The first-order chi connectivity index (χ1) is 8.11. The van der Waals surface area contributed by atoms with Crippen molar-refractivity contribution < 1.29 is 9.52 Å². The number of furan rings is 1. The molecule has 96 valence electrons. The second-order valence-electron chi connectivity index (χ2n) is 5.78. The van der Waals surface area contributed by atoms with Gasteiger partial charge in [-0.25, -0.2) is 0 Å². The number of aliphatic hydroxyl groups is 1. The normalized spacial score (nSPS) is 31.4. The van der Waals surface area contributed by atoms with Crippen molar-refractivity contribution in [2.75, 3.05) is 0 Å². The zero-order valence-electron chi connectivity index (χ0n) is 11.1. The molecule has 1 saturated carbocycles. The fourth-order valence-corrected chi connectivity index (χ4v) is 3.42. The lowest BCUT2D eigenvalue weighted by Crippen LogP contribution is -2.24. The van der Waals surface area contributed by atoms with Crippen LogP contribution in [0.4, 0.5) is 0 Å². The quantitative estimate of drug-likeness (QED) is 0.862. The van der Waals surface area contributed by atoms with Gasteiger partial charge in [0.05, 0.1) is 12.4 Å². The van der Waals surface area contributed by atoms with Gasteiger partial charge in [0.2, 0.25) is 0 Å². The smallest absolute Gasteiger partial charge is 0.109 e. The Morgan fingerprint density at radius 3 is 2.53 bits per heavy atom. The Kier molecular flexibility index (Phi) is 3.93. The third kappa shape index (κ3) is 2.74. The first-order valence-electron chi connectivity index (χ1n) is 6.86. The van der Waals surface area contributed by atoms with Gasteiger partial charge in [0, 0.05) is 12.0 Å². The summed E-state index contributed by atoms with van der Waals surface area (Å²) in [5.74, 6) is 2.81. The van der Waals surface area contributed by atoms with Crippen LogP contribution in [-0.2, 0) is 6.42 Å². The van der Waals surface area contributed by atoms with E-state index in [1.54, 1.807) is 6.26 Å². The van der Waals surface area contributed by atoms with Crippen LogP contribution in [0.3, 0.4) is 0 Å². The Bertz CT molecular complexity index is 346. The molecule has 0 bridgehead atoms. The van der Waals surface area contributed by atoms with Gasteiger partial charge in [-0.2, -0.15) is 0 Å². The monoisotopic (exact) mass is 236 g/mol. The molecule has 1 aromatic rings. The molecule has 3 unspecified atom stereocenters. The van der Waals surface area contributed by atoms with E-state index in [1.807, 2.05) is 6.07 Å². The van der Waals surface area contributed by atoms with Crippen LogP contribution in [0.1, 0.15) is 57.5 Å². The Morgan fingerprint density at radius 2 is 1.94 bits per heavy atom. The van der Waals surface area contributed by atoms with Crippen molar-refractivity contribution in [3.63, 3.8) is 0 Å². The summed E-state index contributed by atoms with van der Waals surface area (Å²) in [5.41, 5.74) is 1.01. The molecule has 1 heterocycles. The molecule has 2 rings (SSSR count). The molecule has 0 saturated heterocycles. The van der Waals surface area contributed by atoms with Crippen LogP contribution in [-0.4, -0.2) is 5.11 Å². The van der Waals surface area contributed by atoms with Crippen LogP contribution in [0.2, 0.25) is 0 Å². The van der Waals surface area contributed by atoms with E-state index in [0.29, 0.717) is 5.92 Å². The third-order valence-electron chi connectivity index (χ3n) is 4.08. The molecule has 3 atom stereocenters. The molecular weight excluding hydrogens is 212 g/mol. The summed E-state index contributed by atoms with van der Waals surface area (Å²) >= 11 is 0. The number of hydrogen-bond donors (Lipinski definition) is 1. The van der Waals surface area contributed by atoms with Crippen LogP contribution in [0.5, 0.6) is 0 Å². The van der Waals surface area contributed by atoms with Gasteiger partial charge in [0.25, 0.3) is 0 Å². The number of aliphatic hydroxyl groups excluding tert-OH is 1. The highest BCUT2D eigenvalue weighted by Gasteiger charge is 2.31. The summed E-state index contributed by atoms with van der Waals surface area (Å²) in [7, 11) is 0. The van der Waals surface area contributed by atoms with Crippen LogP contribution >= 0.6 is 0 Å². The minimum absolute atomic E-state index is 0.339. The van der Waals surface area contributed by atoms with Crippen molar-refractivity contribution in [2.24, 2.45) is 17.8 Å². The van der Waals surface area contributed by atoms with Gasteiger partial charge in [-0.3, -0.25) is 0 Å². The van der Waals surface area contributed by atoms with Crippen LogP contribution < -0.4 is 0 Å². The van der Waals surface area contributed by atoms with Gasteiger partial charge < -0.3 is 9.52 Å². The van der Waals surface area contributed by atoms with Gasteiger partial charge in [0.1, 0.15) is 5.76 Å². The minimum atomic E-state index is -0.339. The molecule has 0 aliphatic heterocycles. The molecular formula is C15H24O2. The van der Waals surface area contributed by atoms with Gasteiger partial charge in [0.15, 0.2) is 0 Å². The van der Waals surface area contributed by atoms with E-state index < -0.39 is 0 Å². The molecule has 1 aromatic heterocycles. The summed E-state index contributed by atoms with van der Waals surface area (Å²) in [6, 6.07) is 1.94. The summed E-state index contributed by atoms with van der Waals surface area (Å²) in [6.45, 7) is 6.66. The van der Waals surface area contributed by atoms with Crippen molar-refractivity contribution in [2.45, 2.75) is 52.6 Å². The van der Waals surface area contributed by atoms with Crippen LogP contribution in [0.25, 0.3) is 0 Å². The van der Waals surface area contributed by atoms with Gasteiger partial charge in [-0.15, -0.1) is 0 Å². The van der Waals surface area contributed by atoms with Crippen molar-refractivity contribution in [1.29, 1.82) is 0 Å². The maximum absolute atomic E-state index is 10.5. The maximum atomic E-state index is 10.5. The molecule has 2 heteroatoms. The molecule has 0 radical (unpaired) electrons. The van der Waals surface area contributed by atoms with Crippen molar-refractivity contribution >= 4 is 0 Å². The molecule has 0 spiro atoms. The molecule has 17 heavy (non-hydrogen) atoms. The fourth-order valence-electron chi connectivity index (χ4n) is 3.42. The van der Waals surface area contributed by atoms with Gasteiger partial charge in [-0.1, -0.05) is 20.8 Å². The predicted octanol–water partition coefficient (Wildman–Crippen LogP) is 3.95. The number of rotatable bonds is 3. The van der Waals surface area contributed by atoms with Gasteiger partial charge >= 0.3 is 0 Å². The lowest BCUT2D eigenvalue weighted by Gasteiger charge is -2.34. The van der Waals surface area contributed by atoms with E-state index in [4.69, 9.17) is 4.42 Å². The Labute approximate surface area is 104 Å². The summed E-state index contributed by atoms with van der Waals surface area (Å²) in [4.78, 5) is 0. The van der Waals surface area contributed by atoms with Crippen molar-refractivity contribution in [1.82, 2.24) is 0 Å². The molecule has 0 amide bonds. The first-order valence-corrected chi connectivity index (χ1v) is 6.86. The Morgan fingerprint density at radius 1 is 1.29 bits per heavy atom. The van der Waals surface area contributed by atoms with E-state index in [-0.39, 0.29) is 6.10 Å². The highest BCUT2D eigenvalue weighted by molar-refractivity contribution is 5.20. The Balaban J connectivity index is 2.11. The second kappa shape index (κ2) is 5.26. The third-order valence-corrected chi connectivity index (χ3v) is 4.08. The van der Waals surface area contributed by atoms with E-state index in [1.165, 1.54) is 6.42 Å². The molecule has 2 nitrogen and oxygen atoms in total. The maximum Gasteiger partial charge on any atom is 0.109 e. The highest BCUT2D eigenvalue weighted by Crippen LogP contribution is 2.40. The fraction of sp³-hybridized carbons (Fsp3) is 0.733. The van der Waals surface area contributed by atoms with Gasteiger partial charge in [-0.05, 0) is 43.1 Å². The van der Waals surface area contributed by atoms with Crippen molar-refractivity contribution in [3.05, 3.63) is 23.7 Å². The lowest BCUT2D eigenvalue weighted by molar-refractivity contribution is 0.0539. The summed E-state index contributed by atoms with van der Waals surface area (Å²) < 4.78 is 5.42. The zero-order chi connectivity index (χ0) is 12.4. The van der Waals surface area contributed by atoms with E-state index in [2.05, 4.69) is 20.8 Å². The summed E-state index contributed by atoms with van der Waals surface area (Å²) in [5, 5.41) is 10.5. The molecule has 1 N–H and O–H groups in total. The predicted molar refractivity (Wildman–Crippen MR) is 68.7 cm³/mol. The SMILES string of the molecule is CCc1occc1C(O)C1CC(C)CC(C)C1. The van der Waals surface area contributed by atoms with E-state index >= 15 is 0 Å². The molecule has 1 aliphatic carbocycles. The Hall–Kier alpha value is -0.760. The topological polar surface area (TPSA) is 33.4 Å². The number of hydrogen-bond acceptors (Lipinski definition) is 2. The molecule has 0 aromatic carbocycles. The summed E-state index contributed by atoms with van der Waals surface area (Å²) in [6.07, 6.45) is 5.80. The minimum Gasteiger partial charge on any atom is -0.469 e. The largest absolute Gasteiger partial charge is 0.469 e. The van der Waals surface area contributed by atoms with E-state index in [0.717, 1.165) is 42.4 Å². The van der Waals surface area contributed by atoms with E-state index in [9.17, 15) is 5.11 Å². The average molecular weight is 236 g/mol. The lowest BCUT2D eigenvalue weighted by atomic mass is 9.73. The number of aryl methyl sites for hydroxylation is 1. The molecule has 1 aliphatic rings. The van der Waals surface area contributed by atoms with Crippen LogP contribution in [0.15, 0.2) is 16.7 Å². The first kappa shape index (κ1) is 12.7. The van der Waals surface area contributed by atoms with Crippen molar-refractivity contribution in [3.8, 4) is 0 Å². The standard InChI is InChI=1S/C15H24O2/c1-4-14-13(5-6-17-14)15(16)12-8-10(2)7-11(3)9-12/h5-6,10-12,15-16H,4,7-9H2,1-3H3.